The zero-order valence-electron chi connectivity index (χ0n) is 14.2. The molecular formula is C18H13F3N4O2S. The van der Waals surface area contributed by atoms with Gasteiger partial charge in [-0.15, -0.1) is 0 Å². The van der Waals surface area contributed by atoms with Crippen LogP contribution in [0.5, 0.6) is 0 Å². The molecule has 3 aromatic rings. The van der Waals surface area contributed by atoms with E-state index < -0.39 is 28.4 Å². The minimum Gasteiger partial charge on any atom is -0.245 e. The van der Waals surface area contributed by atoms with Crippen molar-refractivity contribution in [2.75, 3.05) is 0 Å². The van der Waals surface area contributed by atoms with Gasteiger partial charge in [0.1, 0.15) is 12.2 Å². The van der Waals surface area contributed by atoms with E-state index in [1.165, 1.54) is 36.4 Å². The Hall–Kier alpha value is -3.16. The third kappa shape index (κ3) is 3.76. The van der Waals surface area contributed by atoms with Crippen molar-refractivity contribution in [3.63, 3.8) is 0 Å². The molecule has 0 saturated heterocycles. The molecule has 0 radical (unpaired) electrons. The Morgan fingerprint density at radius 3 is 2.14 bits per heavy atom. The van der Waals surface area contributed by atoms with Crippen molar-refractivity contribution in [3.8, 4) is 28.5 Å². The Morgan fingerprint density at radius 1 is 1.04 bits per heavy atom. The fraction of sp³-hybridized carbons (Fsp3) is 0.111. The summed E-state index contributed by atoms with van der Waals surface area (Å²) in [4.78, 5) is -0.176. The summed E-state index contributed by atoms with van der Waals surface area (Å²) in [6.45, 7) is -0.593. The van der Waals surface area contributed by atoms with E-state index in [1.807, 2.05) is 0 Å². The summed E-state index contributed by atoms with van der Waals surface area (Å²) in [5.74, 6) is 0. The first kappa shape index (κ1) is 19.6. The molecule has 0 aliphatic heterocycles. The molecule has 28 heavy (non-hydrogen) atoms. The minimum absolute atomic E-state index is 0.0188. The van der Waals surface area contributed by atoms with Crippen molar-refractivity contribution >= 4 is 10.0 Å². The first-order valence-corrected chi connectivity index (χ1v) is 9.41. The highest BCUT2D eigenvalue weighted by atomic mass is 32.2. The summed E-state index contributed by atoms with van der Waals surface area (Å²) >= 11 is 0. The lowest BCUT2D eigenvalue weighted by atomic mass is 9.98. The Kier molecular flexibility index (Phi) is 4.97. The first-order valence-electron chi connectivity index (χ1n) is 7.86. The summed E-state index contributed by atoms with van der Waals surface area (Å²) in [5.41, 5.74) is -0.731. The van der Waals surface area contributed by atoms with E-state index in [9.17, 15) is 21.6 Å². The molecule has 0 bridgehead atoms. The molecule has 0 amide bonds. The normalized spacial score (nSPS) is 12.0. The molecule has 0 aliphatic rings. The lowest BCUT2D eigenvalue weighted by Gasteiger charge is -2.11. The number of hydrogen-bond donors (Lipinski definition) is 1. The summed E-state index contributed by atoms with van der Waals surface area (Å²) < 4.78 is 64.8. The van der Waals surface area contributed by atoms with Crippen molar-refractivity contribution < 1.29 is 21.6 Å². The van der Waals surface area contributed by atoms with E-state index in [1.54, 1.807) is 24.3 Å². The van der Waals surface area contributed by atoms with E-state index in [0.29, 0.717) is 4.68 Å². The van der Waals surface area contributed by atoms with Gasteiger partial charge >= 0.3 is 6.18 Å². The first-order chi connectivity index (χ1) is 13.1. The average molecular weight is 406 g/mol. The SMILES string of the molecule is N#CCn1nc(-c2ccc(S(N)(=O)=O)cc2)c(-c2ccccc2)c1C(F)(F)F. The Morgan fingerprint density at radius 2 is 1.64 bits per heavy atom. The van der Waals surface area contributed by atoms with Crippen LogP contribution in [0.1, 0.15) is 5.69 Å². The fourth-order valence-electron chi connectivity index (χ4n) is 2.81. The second-order valence-electron chi connectivity index (χ2n) is 5.82. The zero-order chi connectivity index (χ0) is 20.5. The summed E-state index contributed by atoms with van der Waals surface area (Å²) in [6, 6.07) is 14.6. The lowest BCUT2D eigenvalue weighted by Crippen LogP contribution is -2.15. The number of primary sulfonamides is 1. The van der Waals surface area contributed by atoms with Gasteiger partial charge in [0.15, 0.2) is 5.69 Å². The Balaban J connectivity index is 2.31. The van der Waals surface area contributed by atoms with Crippen LogP contribution in [0.15, 0.2) is 59.5 Å². The highest BCUT2D eigenvalue weighted by Gasteiger charge is 2.40. The quantitative estimate of drug-likeness (QED) is 0.717. The number of alkyl halides is 3. The number of hydrogen-bond acceptors (Lipinski definition) is 4. The van der Waals surface area contributed by atoms with Gasteiger partial charge in [-0.25, -0.2) is 18.2 Å². The highest BCUT2D eigenvalue weighted by molar-refractivity contribution is 7.89. The molecule has 3 rings (SSSR count). The van der Waals surface area contributed by atoms with Crippen LogP contribution in [0.25, 0.3) is 22.4 Å². The van der Waals surface area contributed by atoms with Crippen LogP contribution >= 0.6 is 0 Å². The number of halogens is 3. The number of benzene rings is 2. The molecule has 0 spiro atoms. The molecule has 2 aromatic carbocycles. The number of aromatic nitrogens is 2. The number of nitrogens with two attached hydrogens (primary N) is 1. The van der Waals surface area contributed by atoms with Gasteiger partial charge in [-0.3, -0.25) is 0 Å². The van der Waals surface area contributed by atoms with Crippen LogP contribution in [0.2, 0.25) is 0 Å². The van der Waals surface area contributed by atoms with Crippen molar-refractivity contribution in [1.29, 1.82) is 5.26 Å². The van der Waals surface area contributed by atoms with E-state index in [2.05, 4.69) is 5.10 Å². The molecule has 0 saturated carbocycles. The maximum atomic E-state index is 13.8. The fourth-order valence-corrected chi connectivity index (χ4v) is 3.33. The largest absolute Gasteiger partial charge is 0.433 e. The Bertz CT molecular complexity index is 1150. The molecule has 0 unspecified atom stereocenters. The second kappa shape index (κ2) is 7.10. The predicted octanol–water partition coefficient (Wildman–Crippen LogP) is 3.41. The third-order valence-corrected chi connectivity index (χ3v) is 4.89. The number of nitriles is 1. The van der Waals surface area contributed by atoms with Gasteiger partial charge in [-0.1, -0.05) is 42.5 Å². The molecule has 6 nitrogen and oxygen atoms in total. The lowest BCUT2D eigenvalue weighted by molar-refractivity contribution is -0.143. The van der Waals surface area contributed by atoms with Gasteiger partial charge in [0.05, 0.1) is 11.0 Å². The number of nitrogens with zero attached hydrogens (tertiary/aromatic N) is 3. The van der Waals surface area contributed by atoms with Crippen LogP contribution in [0, 0.1) is 11.3 Å². The molecule has 144 valence electrons. The van der Waals surface area contributed by atoms with Crippen LogP contribution in [0.3, 0.4) is 0 Å². The molecule has 10 heteroatoms. The maximum Gasteiger partial charge on any atom is 0.433 e. The van der Waals surface area contributed by atoms with Crippen LogP contribution < -0.4 is 5.14 Å². The monoisotopic (exact) mass is 406 g/mol. The molecule has 1 aromatic heterocycles. The van der Waals surface area contributed by atoms with E-state index in [4.69, 9.17) is 10.4 Å². The average Bonchev–Trinajstić information content (AvgIpc) is 3.02. The molecular weight excluding hydrogens is 393 g/mol. The van der Waals surface area contributed by atoms with Crippen LogP contribution in [-0.2, 0) is 22.7 Å². The third-order valence-electron chi connectivity index (χ3n) is 3.96. The Labute approximate surface area is 158 Å². The van der Waals surface area contributed by atoms with E-state index in [0.717, 1.165) is 0 Å². The number of sulfonamides is 1. The summed E-state index contributed by atoms with van der Waals surface area (Å²) in [6.07, 6.45) is -4.76. The summed E-state index contributed by atoms with van der Waals surface area (Å²) in [5, 5.41) is 18.0. The van der Waals surface area contributed by atoms with Gasteiger partial charge in [0.2, 0.25) is 10.0 Å². The van der Waals surface area contributed by atoms with Crippen molar-refractivity contribution in [1.82, 2.24) is 9.78 Å². The van der Waals surface area contributed by atoms with Crippen LogP contribution in [0.4, 0.5) is 13.2 Å². The highest BCUT2D eigenvalue weighted by Crippen LogP contribution is 2.42. The topological polar surface area (TPSA) is 102 Å². The van der Waals surface area contributed by atoms with Crippen molar-refractivity contribution in [2.24, 2.45) is 5.14 Å². The van der Waals surface area contributed by atoms with Gasteiger partial charge in [-0.05, 0) is 17.7 Å². The number of rotatable bonds is 4. The smallest absolute Gasteiger partial charge is 0.245 e. The van der Waals surface area contributed by atoms with E-state index >= 15 is 0 Å². The molecule has 0 fully saturated rings. The standard InChI is InChI=1S/C18H13F3N4O2S/c19-18(20,21)17-15(12-4-2-1-3-5-12)16(24-25(17)11-10-22)13-6-8-14(9-7-13)28(23,26)27/h1-9H,11H2,(H2,23,26,27). The van der Waals surface area contributed by atoms with E-state index in [-0.39, 0.29) is 27.3 Å². The van der Waals surface area contributed by atoms with Crippen molar-refractivity contribution in [3.05, 3.63) is 60.3 Å². The van der Waals surface area contributed by atoms with Gasteiger partial charge in [-0.2, -0.15) is 23.5 Å². The zero-order valence-corrected chi connectivity index (χ0v) is 15.0. The predicted molar refractivity (Wildman–Crippen MR) is 95.1 cm³/mol. The van der Waals surface area contributed by atoms with Crippen molar-refractivity contribution in [2.45, 2.75) is 17.6 Å². The van der Waals surface area contributed by atoms with Crippen LogP contribution in [-0.4, -0.2) is 18.2 Å². The molecule has 2 N–H and O–H groups in total. The maximum absolute atomic E-state index is 13.8. The summed E-state index contributed by atoms with van der Waals surface area (Å²) in [7, 11) is -3.95. The minimum atomic E-state index is -4.76. The van der Waals surface area contributed by atoms with Gasteiger partial charge in [0.25, 0.3) is 0 Å². The second-order valence-corrected chi connectivity index (χ2v) is 7.38. The van der Waals surface area contributed by atoms with Gasteiger partial charge in [0, 0.05) is 11.1 Å². The molecule has 0 atom stereocenters. The molecule has 0 aliphatic carbocycles. The van der Waals surface area contributed by atoms with Gasteiger partial charge < -0.3 is 0 Å². The molecule has 1 heterocycles.